The zero-order valence-electron chi connectivity index (χ0n) is 9.20. The van der Waals surface area contributed by atoms with Gasteiger partial charge in [-0.3, -0.25) is 4.79 Å². The van der Waals surface area contributed by atoms with Crippen LogP contribution in [0.2, 0.25) is 0 Å². The van der Waals surface area contributed by atoms with Gasteiger partial charge in [-0.1, -0.05) is 6.92 Å². The lowest BCUT2D eigenvalue weighted by Gasteiger charge is -2.21. The number of hydrogen-bond donors (Lipinski definition) is 2. The zero-order valence-corrected chi connectivity index (χ0v) is 10.0. The smallest absolute Gasteiger partial charge is 0.270 e. The molecule has 0 fully saturated rings. The summed E-state index contributed by atoms with van der Waals surface area (Å²) in [5, 5.41) is 14.9. The highest BCUT2D eigenvalue weighted by Crippen LogP contribution is 2.09. The van der Waals surface area contributed by atoms with Gasteiger partial charge in [0.15, 0.2) is 0 Å². The molecule has 0 aliphatic rings. The third-order valence-corrected chi connectivity index (χ3v) is 3.02. The van der Waals surface area contributed by atoms with Crippen LogP contribution in [0, 0.1) is 6.92 Å². The average molecular weight is 228 g/mol. The maximum Gasteiger partial charge on any atom is 0.270 e. The standard InChI is InChI=1S/C10H16N2O2S/c1-4-10(3,14)6-11-9(13)8-5-15-7(2)12-8/h5,14H,4,6H2,1-3H3,(H,11,13). The summed E-state index contributed by atoms with van der Waals surface area (Å²) < 4.78 is 0. The van der Waals surface area contributed by atoms with Crippen molar-refractivity contribution >= 4 is 17.2 Å². The molecule has 0 saturated heterocycles. The Morgan fingerprint density at radius 1 is 1.73 bits per heavy atom. The van der Waals surface area contributed by atoms with E-state index in [2.05, 4.69) is 10.3 Å². The number of carbonyl (C=O) groups is 1. The Morgan fingerprint density at radius 2 is 2.40 bits per heavy atom. The summed E-state index contributed by atoms with van der Waals surface area (Å²) in [6.07, 6.45) is 0.601. The molecule has 0 radical (unpaired) electrons. The molecule has 4 nitrogen and oxygen atoms in total. The Balaban J connectivity index is 2.50. The minimum atomic E-state index is -0.847. The molecule has 1 rings (SSSR count). The number of carbonyl (C=O) groups excluding carboxylic acids is 1. The molecule has 2 N–H and O–H groups in total. The van der Waals surface area contributed by atoms with Gasteiger partial charge < -0.3 is 10.4 Å². The van der Waals surface area contributed by atoms with E-state index in [-0.39, 0.29) is 12.5 Å². The van der Waals surface area contributed by atoms with Crippen molar-refractivity contribution in [2.24, 2.45) is 0 Å². The fourth-order valence-electron chi connectivity index (χ4n) is 0.954. The van der Waals surface area contributed by atoms with Crippen LogP contribution in [0.1, 0.15) is 35.8 Å². The Hall–Kier alpha value is -0.940. The summed E-state index contributed by atoms with van der Waals surface area (Å²) in [6, 6.07) is 0. The van der Waals surface area contributed by atoms with E-state index in [0.29, 0.717) is 12.1 Å². The van der Waals surface area contributed by atoms with Gasteiger partial charge >= 0.3 is 0 Å². The van der Waals surface area contributed by atoms with Crippen LogP contribution in [-0.4, -0.2) is 28.1 Å². The number of hydrogen-bond acceptors (Lipinski definition) is 4. The first-order chi connectivity index (χ1) is 6.94. The van der Waals surface area contributed by atoms with Crippen LogP contribution in [0.15, 0.2) is 5.38 Å². The van der Waals surface area contributed by atoms with Crippen molar-refractivity contribution in [1.82, 2.24) is 10.3 Å². The molecule has 0 aliphatic heterocycles. The predicted molar refractivity (Wildman–Crippen MR) is 60.1 cm³/mol. The Morgan fingerprint density at radius 3 is 2.87 bits per heavy atom. The van der Waals surface area contributed by atoms with Crippen LogP contribution >= 0.6 is 11.3 Å². The molecule has 1 aromatic heterocycles. The maximum atomic E-state index is 11.5. The molecule has 0 spiro atoms. The molecule has 1 amide bonds. The summed E-state index contributed by atoms with van der Waals surface area (Å²) >= 11 is 1.44. The molecule has 0 saturated carbocycles. The maximum absolute atomic E-state index is 11.5. The van der Waals surface area contributed by atoms with E-state index in [1.165, 1.54) is 11.3 Å². The van der Waals surface area contributed by atoms with Gasteiger partial charge in [-0.15, -0.1) is 11.3 Å². The van der Waals surface area contributed by atoms with E-state index >= 15 is 0 Å². The van der Waals surface area contributed by atoms with Crippen molar-refractivity contribution in [3.63, 3.8) is 0 Å². The number of thiazole rings is 1. The van der Waals surface area contributed by atoms with E-state index < -0.39 is 5.60 Å². The van der Waals surface area contributed by atoms with Gasteiger partial charge in [0.2, 0.25) is 0 Å². The largest absolute Gasteiger partial charge is 0.388 e. The van der Waals surface area contributed by atoms with Crippen LogP contribution < -0.4 is 5.32 Å². The van der Waals surface area contributed by atoms with Crippen molar-refractivity contribution in [1.29, 1.82) is 0 Å². The first kappa shape index (κ1) is 12.1. The van der Waals surface area contributed by atoms with Crippen LogP contribution in [-0.2, 0) is 0 Å². The second-order valence-corrected chi connectivity index (χ2v) is 4.85. The first-order valence-electron chi connectivity index (χ1n) is 4.87. The fraction of sp³-hybridized carbons (Fsp3) is 0.600. The third-order valence-electron chi connectivity index (χ3n) is 2.24. The number of aliphatic hydroxyl groups is 1. The summed E-state index contributed by atoms with van der Waals surface area (Å²) in [7, 11) is 0. The lowest BCUT2D eigenvalue weighted by Crippen LogP contribution is -2.40. The molecule has 1 atom stereocenters. The molecule has 15 heavy (non-hydrogen) atoms. The lowest BCUT2D eigenvalue weighted by atomic mass is 10.0. The molecule has 0 aromatic carbocycles. The van der Waals surface area contributed by atoms with Crippen LogP contribution in [0.4, 0.5) is 0 Å². The lowest BCUT2D eigenvalue weighted by molar-refractivity contribution is 0.0517. The summed E-state index contributed by atoms with van der Waals surface area (Å²) in [6.45, 7) is 5.67. The van der Waals surface area contributed by atoms with E-state index in [4.69, 9.17) is 0 Å². The molecule has 1 aromatic rings. The number of rotatable bonds is 4. The molecule has 0 aliphatic carbocycles. The molecular weight excluding hydrogens is 212 g/mol. The van der Waals surface area contributed by atoms with Gasteiger partial charge in [0, 0.05) is 11.9 Å². The van der Waals surface area contributed by atoms with E-state index in [9.17, 15) is 9.90 Å². The summed E-state index contributed by atoms with van der Waals surface area (Å²) in [4.78, 5) is 15.6. The Labute approximate surface area is 93.4 Å². The van der Waals surface area contributed by atoms with Crippen molar-refractivity contribution in [2.45, 2.75) is 32.8 Å². The molecular formula is C10H16N2O2S. The quantitative estimate of drug-likeness (QED) is 0.817. The number of aromatic nitrogens is 1. The first-order valence-corrected chi connectivity index (χ1v) is 5.75. The van der Waals surface area contributed by atoms with Gasteiger partial charge in [0.05, 0.1) is 10.6 Å². The highest BCUT2D eigenvalue weighted by Gasteiger charge is 2.19. The van der Waals surface area contributed by atoms with E-state index in [1.807, 2.05) is 13.8 Å². The minimum Gasteiger partial charge on any atom is -0.388 e. The van der Waals surface area contributed by atoms with E-state index in [1.54, 1.807) is 12.3 Å². The predicted octanol–water partition coefficient (Wildman–Crippen LogP) is 1.34. The van der Waals surface area contributed by atoms with E-state index in [0.717, 1.165) is 5.01 Å². The van der Waals surface area contributed by atoms with Crippen molar-refractivity contribution in [3.05, 3.63) is 16.1 Å². The monoisotopic (exact) mass is 228 g/mol. The van der Waals surface area contributed by atoms with Crippen molar-refractivity contribution < 1.29 is 9.90 Å². The number of nitrogens with one attached hydrogen (secondary N) is 1. The van der Waals surface area contributed by atoms with Crippen molar-refractivity contribution in [3.8, 4) is 0 Å². The van der Waals surface area contributed by atoms with Crippen LogP contribution in [0.25, 0.3) is 0 Å². The fourth-order valence-corrected chi connectivity index (χ4v) is 1.55. The average Bonchev–Trinajstić information content (AvgIpc) is 2.61. The normalized spacial score (nSPS) is 14.7. The number of aryl methyl sites for hydroxylation is 1. The Bertz CT molecular complexity index is 347. The molecule has 1 unspecified atom stereocenters. The van der Waals surface area contributed by atoms with Gasteiger partial charge in [-0.05, 0) is 20.3 Å². The summed E-state index contributed by atoms with van der Waals surface area (Å²) in [5.74, 6) is -0.229. The van der Waals surface area contributed by atoms with Crippen molar-refractivity contribution in [2.75, 3.05) is 6.54 Å². The zero-order chi connectivity index (χ0) is 11.5. The SMILES string of the molecule is CCC(C)(O)CNC(=O)c1csc(C)n1. The molecule has 1 heterocycles. The second-order valence-electron chi connectivity index (χ2n) is 3.78. The highest BCUT2D eigenvalue weighted by molar-refractivity contribution is 7.09. The van der Waals surface area contributed by atoms with Gasteiger partial charge in [-0.2, -0.15) is 0 Å². The molecule has 5 heteroatoms. The third kappa shape index (κ3) is 3.60. The van der Waals surface area contributed by atoms with Crippen LogP contribution in [0.5, 0.6) is 0 Å². The number of amides is 1. The summed E-state index contributed by atoms with van der Waals surface area (Å²) in [5.41, 5.74) is -0.426. The molecule has 0 bridgehead atoms. The van der Waals surface area contributed by atoms with Gasteiger partial charge in [0.1, 0.15) is 5.69 Å². The molecule has 84 valence electrons. The number of nitrogens with zero attached hydrogens (tertiary/aromatic N) is 1. The van der Waals surface area contributed by atoms with Crippen LogP contribution in [0.3, 0.4) is 0 Å². The Kier molecular flexibility index (Phi) is 3.82. The highest BCUT2D eigenvalue weighted by atomic mass is 32.1. The second kappa shape index (κ2) is 4.72. The minimum absolute atomic E-state index is 0.229. The van der Waals surface area contributed by atoms with Gasteiger partial charge in [0.25, 0.3) is 5.91 Å². The topological polar surface area (TPSA) is 62.2 Å². The van der Waals surface area contributed by atoms with Gasteiger partial charge in [-0.25, -0.2) is 4.98 Å².